The molecule has 2 fully saturated rings. The van der Waals surface area contributed by atoms with E-state index in [-0.39, 0.29) is 17.5 Å². The van der Waals surface area contributed by atoms with Gasteiger partial charge in [-0.1, -0.05) is 47.5 Å². The first-order valence-corrected chi connectivity index (χ1v) is 13.3. The number of carbonyl (C=O) groups is 2. The minimum atomic E-state index is -0.374. The van der Waals surface area contributed by atoms with E-state index < -0.39 is 0 Å². The second-order valence-corrected chi connectivity index (χ2v) is 10.7. The van der Waals surface area contributed by atoms with Crippen molar-refractivity contribution >= 4 is 52.5 Å². The highest BCUT2D eigenvalue weighted by Crippen LogP contribution is 2.35. The predicted molar refractivity (Wildman–Crippen MR) is 151 cm³/mol. The maximum Gasteiger partial charge on any atom is 0.328 e. The van der Waals surface area contributed by atoms with Crippen LogP contribution in [0.2, 0.25) is 10.0 Å². The number of imide groups is 1. The summed E-state index contributed by atoms with van der Waals surface area (Å²) in [5.74, 6) is 0.821. The fourth-order valence-electron chi connectivity index (χ4n) is 4.77. The lowest BCUT2D eigenvalue weighted by atomic mass is 9.89. The summed E-state index contributed by atoms with van der Waals surface area (Å²) in [6, 6.07) is 12.8. The van der Waals surface area contributed by atoms with Gasteiger partial charge in [-0.15, -0.1) is 0 Å². The third-order valence-electron chi connectivity index (χ3n) is 7.21. The van der Waals surface area contributed by atoms with Crippen molar-refractivity contribution in [1.82, 2.24) is 20.6 Å². The predicted octanol–water partition coefficient (Wildman–Crippen LogP) is 4.63. The van der Waals surface area contributed by atoms with Gasteiger partial charge in [0.1, 0.15) is 11.5 Å². The van der Waals surface area contributed by atoms with Gasteiger partial charge in [-0.3, -0.25) is 15.0 Å². The molecule has 9 nitrogen and oxygen atoms in total. The number of carbonyl (C=O) groups excluding carboxylic acids is 2. The van der Waals surface area contributed by atoms with Crippen LogP contribution in [0, 0.1) is 0 Å². The van der Waals surface area contributed by atoms with Gasteiger partial charge in [0.15, 0.2) is 5.82 Å². The maximum atomic E-state index is 12.1. The number of urea groups is 1. The van der Waals surface area contributed by atoms with Crippen molar-refractivity contribution in [3.63, 3.8) is 0 Å². The lowest BCUT2D eigenvalue weighted by molar-refractivity contribution is -0.120. The standard InChI is InChI=1S/C27H29Cl2N7O2/c1-27(32-15-17-5-7-18(8-6-17)36-12-9-22(37)34-26(36)38)10-13-35(14-11-27)21-16-31-24(25(30)33-21)19-3-2-4-20(28)23(19)29/h2-8,16,32H,9-15H2,1H3,(H2,30,33)(H,34,37,38). The Kier molecular flexibility index (Phi) is 7.43. The molecular formula is C27H29Cl2N7O2. The molecule has 5 rings (SSSR count). The summed E-state index contributed by atoms with van der Waals surface area (Å²) in [6.07, 6.45) is 3.90. The first kappa shape index (κ1) is 26.2. The Morgan fingerprint density at radius 2 is 1.82 bits per heavy atom. The molecule has 0 aliphatic carbocycles. The molecule has 2 aliphatic heterocycles. The van der Waals surface area contributed by atoms with Crippen molar-refractivity contribution < 1.29 is 9.59 Å². The molecule has 198 valence electrons. The number of halogens is 2. The van der Waals surface area contributed by atoms with Crippen LogP contribution in [0.5, 0.6) is 0 Å². The van der Waals surface area contributed by atoms with Crippen LogP contribution in [0.25, 0.3) is 11.3 Å². The molecule has 2 aromatic carbocycles. The van der Waals surface area contributed by atoms with E-state index in [1.165, 1.54) is 0 Å². The minimum absolute atomic E-state index is 0.0322. The van der Waals surface area contributed by atoms with E-state index in [1.54, 1.807) is 17.2 Å². The number of nitrogens with one attached hydrogen (secondary N) is 2. The van der Waals surface area contributed by atoms with E-state index in [2.05, 4.69) is 32.4 Å². The van der Waals surface area contributed by atoms with E-state index >= 15 is 0 Å². The van der Waals surface area contributed by atoms with Crippen LogP contribution >= 0.6 is 23.2 Å². The van der Waals surface area contributed by atoms with E-state index in [9.17, 15) is 9.59 Å². The van der Waals surface area contributed by atoms with Gasteiger partial charge in [0.2, 0.25) is 5.91 Å². The maximum absolute atomic E-state index is 12.1. The number of amides is 3. The quantitative estimate of drug-likeness (QED) is 0.407. The highest BCUT2D eigenvalue weighted by molar-refractivity contribution is 6.43. The normalized spacial score (nSPS) is 17.4. The van der Waals surface area contributed by atoms with Gasteiger partial charge >= 0.3 is 6.03 Å². The smallest absolute Gasteiger partial charge is 0.328 e. The zero-order chi connectivity index (χ0) is 26.9. The first-order chi connectivity index (χ1) is 18.2. The number of piperidine rings is 1. The SMILES string of the molecule is CC1(NCc2ccc(N3CCC(=O)NC3=O)cc2)CCN(c2cnc(-c3cccc(Cl)c3Cl)c(N)n2)CC1. The summed E-state index contributed by atoms with van der Waals surface area (Å²) >= 11 is 12.5. The number of nitrogens with two attached hydrogens (primary N) is 1. The number of rotatable bonds is 6. The van der Waals surface area contributed by atoms with Gasteiger partial charge in [-0.2, -0.15) is 0 Å². The topological polar surface area (TPSA) is 116 Å². The Balaban J connectivity index is 1.17. The average Bonchev–Trinajstić information content (AvgIpc) is 2.90. The van der Waals surface area contributed by atoms with Crippen LogP contribution < -0.4 is 26.2 Å². The molecule has 2 aliphatic rings. The van der Waals surface area contributed by atoms with Gasteiger partial charge in [0.25, 0.3) is 0 Å². The summed E-state index contributed by atoms with van der Waals surface area (Å²) < 4.78 is 0. The second-order valence-electron chi connectivity index (χ2n) is 9.89. The third kappa shape index (κ3) is 5.55. The fraction of sp³-hybridized carbons (Fsp3) is 0.333. The van der Waals surface area contributed by atoms with Gasteiger partial charge in [0.05, 0.1) is 16.2 Å². The van der Waals surface area contributed by atoms with Gasteiger partial charge in [-0.05, 0) is 43.5 Å². The molecule has 0 saturated carbocycles. The molecule has 3 amide bonds. The Morgan fingerprint density at radius 1 is 1.08 bits per heavy atom. The van der Waals surface area contributed by atoms with Crippen LogP contribution in [0.4, 0.5) is 22.1 Å². The number of nitrogens with zero attached hydrogens (tertiary/aromatic N) is 4. The van der Waals surface area contributed by atoms with E-state index in [0.717, 1.165) is 43.0 Å². The van der Waals surface area contributed by atoms with Crippen LogP contribution in [-0.2, 0) is 11.3 Å². The monoisotopic (exact) mass is 553 g/mol. The molecule has 38 heavy (non-hydrogen) atoms. The molecule has 0 bridgehead atoms. The number of hydrogen-bond donors (Lipinski definition) is 3. The van der Waals surface area contributed by atoms with Crippen LogP contribution in [-0.4, -0.2) is 47.1 Å². The fourth-order valence-corrected chi connectivity index (χ4v) is 5.16. The average molecular weight is 554 g/mol. The largest absolute Gasteiger partial charge is 0.382 e. The van der Waals surface area contributed by atoms with Crippen molar-refractivity contribution in [2.75, 3.05) is 35.2 Å². The molecule has 0 radical (unpaired) electrons. The zero-order valence-electron chi connectivity index (χ0n) is 21.0. The molecular weight excluding hydrogens is 525 g/mol. The molecule has 0 spiro atoms. The van der Waals surface area contributed by atoms with Crippen molar-refractivity contribution in [2.45, 2.75) is 38.3 Å². The zero-order valence-corrected chi connectivity index (χ0v) is 22.5. The van der Waals surface area contributed by atoms with Gasteiger partial charge < -0.3 is 16.0 Å². The Morgan fingerprint density at radius 3 is 2.50 bits per heavy atom. The van der Waals surface area contributed by atoms with Crippen molar-refractivity contribution in [3.05, 3.63) is 64.3 Å². The van der Waals surface area contributed by atoms with E-state index in [1.807, 2.05) is 36.4 Å². The lowest BCUT2D eigenvalue weighted by Crippen LogP contribution is -2.51. The van der Waals surface area contributed by atoms with Crippen molar-refractivity contribution in [3.8, 4) is 11.3 Å². The molecule has 3 aromatic rings. The Hall–Kier alpha value is -3.40. The summed E-state index contributed by atoms with van der Waals surface area (Å²) in [5.41, 5.74) is 9.31. The summed E-state index contributed by atoms with van der Waals surface area (Å²) in [6.45, 7) is 4.97. The highest BCUT2D eigenvalue weighted by atomic mass is 35.5. The van der Waals surface area contributed by atoms with E-state index in [4.69, 9.17) is 28.9 Å². The summed E-state index contributed by atoms with van der Waals surface area (Å²) in [4.78, 5) is 36.4. The van der Waals surface area contributed by atoms with Crippen molar-refractivity contribution in [2.24, 2.45) is 0 Å². The highest BCUT2D eigenvalue weighted by Gasteiger charge is 2.30. The molecule has 4 N–H and O–H groups in total. The molecule has 0 unspecified atom stereocenters. The van der Waals surface area contributed by atoms with Crippen molar-refractivity contribution in [1.29, 1.82) is 0 Å². The number of benzene rings is 2. The number of anilines is 3. The molecule has 3 heterocycles. The molecule has 2 saturated heterocycles. The van der Waals surface area contributed by atoms with Crippen LogP contribution in [0.1, 0.15) is 31.7 Å². The minimum Gasteiger partial charge on any atom is -0.382 e. The molecule has 0 atom stereocenters. The molecule has 1 aromatic heterocycles. The van der Waals surface area contributed by atoms with Gasteiger partial charge in [0, 0.05) is 49.4 Å². The van der Waals surface area contributed by atoms with Crippen LogP contribution in [0.15, 0.2) is 48.7 Å². The summed E-state index contributed by atoms with van der Waals surface area (Å²) in [5, 5.41) is 6.91. The molecule has 11 heteroatoms. The number of aromatic nitrogens is 2. The third-order valence-corrected chi connectivity index (χ3v) is 8.02. The van der Waals surface area contributed by atoms with E-state index in [0.29, 0.717) is 46.6 Å². The van der Waals surface area contributed by atoms with Gasteiger partial charge in [-0.25, -0.2) is 14.8 Å². The number of nitrogen functional groups attached to an aromatic ring is 1. The number of hydrogen-bond acceptors (Lipinski definition) is 7. The second kappa shape index (κ2) is 10.8. The lowest BCUT2D eigenvalue weighted by Gasteiger charge is -2.40. The Bertz CT molecular complexity index is 1360. The first-order valence-electron chi connectivity index (χ1n) is 12.5. The summed E-state index contributed by atoms with van der Waals surface area (Å²) in [7, 11) is 0. The Labute approximate surface area is 231 Å². The van der Waals surface area contributed by atoms with Crippen LogP contribution in [0.3, 0.4) is 0 Å².